The monoisotopic (exact) mass is 314 g/mol. The van der Waals surface area contributed by atoms with Gasteiger partial charge in [-0.25, -0.2) is 4.79 Å². The molecule has 1 aromatic carbocycles. The Morgan fingerprint density at radius 1 is 1.04 bits per heavy atom. The molecule has 0 aliphatic heterocycles. The molecule has 0 spiro atoms. The Labute approximate surface area is 137 Å². The maximum Gasteiger partial charge on any atom is 0.352 e. The highest BCUT2D eigenvalue weighted by molar-refractivity contribution is 5.88. The van der Waals surface area contributed by atoms with Crippen molar-refractivity contribution in [2.24, 2.45) is 0 Å². The highest BCUT2D eigenvalue weighted by atomic mass is 16.4. The molecule has 124 valence electrons. The highest BCUT2D eigenvalue weighted by Crippen LogP contribution is 2.24. The van der Waals surface area contributed by atoms with Gasteiger partial charge in [-0.05, 0) is 30.2 Å². The van der Waals surface area contributed by atoms with Gasteiger partial charge in [-0.1, -0.05) is 51.2 Å². The van der Waals surface area contributed by atoms with Crippen molar-refractivity contribution in [1.29, 1.82) is 0 Å². The second-order valence-electron chi connectivity index (χ2n) is 6.00. The Balaban J connectivity index is 2.03. The number of anilines is 1. The van der Waals surface area contributed by atoms with Crippen LogP contribution in [-0.4, -0.2) is 15.6 Å². The first-order valence-corrected chi connectivity index (χ1v) is 8.41. The summed E-state index contributed by atoms with van der Waals surface area (Å²) < 4.78 is 1.86. The maximum absolute atomic E-state index is 11.5. The van der Waals surface area contributed by atoms with Crippen LogP contribution in [0.4, 0.5) is 5.69 Å². The molecule has 0 atom stereocenters. The Kier molecular flexibility index (Phi) is 6.27. The zero-order valence-corrected chi connectivity index (χ0v) is 13.8. The predicted octanol–water partition coefficient (Wildman–Crippen LogP) is 4.80. The van der Waals surface area contributed by atoms with Crippen molar-refractivity contribution in [3.05, 3.63) is 42.2 Å². The number of hydrogen-bond donors (Lipinski definition) is 2. The summed E-state index contributed by atoms with van der Waals surface area (Å²) in [5.74, 6) is -0.877. The summed E-state index contributed by atoms with van der Waals surface area (Å²) in [5, 5.41) is 9.40. The number of benzene rings is 1. The van der Waals surface area contributed by atoms with Crippen LogP contribution in [0.2, 0.25) is 0 Å². The maximum atomic E-state index is 11.5. The summed E-state index contributed by atoms with van der Waals surface area (Å²) in [5.41, 5.74) is 8.68. The van der Waals surface area contributed by atoms with Crippen LogP contribution >= 0.6 is 0 Å². The summed E-state index contributed by atoms with van der Waals surface area (Å²) in [6.45, 7) is 2.96. The number of aromatic carboxylic acids is 1. The van der Waals surface area contributed by atoms with Gasteiger partial charge in [-0.3, -0.25) is 0 Å². The number of hydrogen-bond acceptors (Lipinski definition) is 2. The van der Waals surface area contributed by atoms with Crippen molar-refractivity contribution in [2.45, 2.75) is 52.0 Å². The lowest BCUT2D eigenvalue weighted by Gasteiger charge is -2.06. The van der Waals surface area contributed by atoms with E-state index in [1.807, 2.05) is 35.0 Å². The van der Waals surface area contributed by atoms with Crippen LogP contribution in [0, 0.1) is 0 Å². The van der Waals surface area contributed by atoms with Crippen molar-refractivity contribution in [1.82, 2.24) is 4.57 Å². The van der Waals surface area contributed by atoms with Gasteiger partial charge in [-0.2, -0.15) is 0 Å². The first-order chi connectivity index (χ1) is 11.1. The lowest BCUT2D eigenvalue weighted by molar-refractivity contribution is 0.0685. The van der Waals surface area contributed by atoms with Crippen LogP contribution in [0.5, 0.6) is 0 Å². The molecule has 0 amide bonds. The molecule has 0 unspecified atom stereocenters. The summed E-state index contributed by atoms with van der Waals surface area (Å²) in [6.07, 6.45) is 9.11. The fraction of sp³-hybridized carbons (Fsp3) is 0.421. The van der Waals surface area contributed by atoms with Gasteiger partial charge >= 0.3 is 5.97 Å². The molecule has 1 aromatic heterocycles. The molecule has 2 aromatic rings. The van der Waals surface area contributed by atoms with Gasteiger partial charge in [0.2, 0.25) is 0 Å². The van der Waals surface area contributed by atoms with Gasteiger partial charge in [0.05, 0.1) is 0 Å². The number of carboxylic acid groups (broad SMARTS) is 1. The van der Waals surface area contributed by atoms with Gasteiger partial charge in [-0.15, -0.1) is 0 Å². The van der Waals surface area contributed by atoms with Gasteiger partial charge in [0.1, 0.15) is 5.69 Å². The van der Waals surface area contributed by atoms with E-state index in [2.05, 4.69) is 6.92 Å². The molecule has 1 heterocycles. The number of rotatable bonds is 9. The number of carbonyl (C=O) groups is 1. The minimum absolute atomic E-state index is 0.352. The summed E-state index contributed by atoms with van der Waals surface area (Å²) in [4.78, 5) is 11.5. The fourth-order valence-corrected chi connectivity index (χ4v) is 2.77. The lowest BCUT2D eigenvalue weighted by Crippen LogP contribution is -2.07. The summed E-state index contributed by atoms with van der Waals surface area (Å²) in [6, 6.07) is 9.25. The van der Waals surface area contributed by atoms with E-state index in [0.717, 1.165) is 30.5 Å². The Hall–Kier alpha value is -2.23. The number of nitrogen functional groups attached to an aromatic ring is 1. The van der Waals surface area contributed by atoms with E-state index >= 15 is 0 Å². The fourth-order valence-electron chi connectivity index (χ4n) is 2.77. The molecule has 4 heteroatoms. The normalized spacial score (nSPS) is 10.8. The minimum Gasteiger partial charge on any atom is -0.477 e. The minimum atomic E-state index is -0.877. The van der Waals surface area contributed by atoms with E-state index < -0.39 is 5.97 Å². The molecule has 0 saturated carbocycles. The molecule has 0 radical (unpaired) electrons. The van der Waals surface area contributed by atoms with Crippen molar-refractivity contribution < 1.29 is 9.90 Å². The molecule has 0 aliphatic rings. The number of aromatic nitrogens is 1. The zero-order chi connectivity index (χ0) is 16.7. The number of unbranched alkanes of at least 4 members (excludes halogenated alkanes) is 5. The molecule has 0 aliphatic carbocycles. The van der Waals surface area contributed by atoms with Crippen molar-refractivity contribution in [3.63, 3.8) is 0 Å². The van der Waals surface area contributed by atoms with Crippen LogP contribution in [0.3, 0.4) is 0 Å². The third-order valence-corrected chi connectivity index (χ3v) is 4.11. The van der Waals surface area contributed by atoms with E-state index in [1.165, 1.54) is 25.7 Å². The number of carboxylic acids is 1. The second-order valence-corrected chi connectivity index (χ2v) is 6.00. The second kappa shape index (κ2) is 8.42. The average molecular weight is 314 g/mol. The highest BCUT2D eigenvalue weighted by Gasteiger charge is 2.13. The SMILES string of the molecule is CCCCCCCCn1cc(-c2ccc(N)cc2)cc1C(=O)O. The van der Waals surface area contributed by atoms with Crippen molar-refractivity contribution in [3.8, 4) is 11.1 Å². The van der Waals surface area contributed by atoms with Crippen LogP contribution in [0.25, 0.3) is 11.1 Å². The third kappa shape index (κ3) is 4.88. The zero-order valence-electron chi connectivity index (χ0n) is 13.8. The first-order valence-electron chi connectivity index (χ1n) is 8.41. The standard InChI is InChI=1S/C19H26N2O2/c1-2-3-4-5-6-7-12-21-14-16(13-18(21)19(22)23)15-8-10-17(20)11-9-15/h8-11,13-14H,2-7,12,20H2,1H3,(H,22,23). The van der Waals surface area contributed by atoms with Gasteiger partial charge < -0.3 is 15.4 Å². The number of nitrogens with zero attached hydrogens (tertiary/aromatic N) is 1. The quantitative estimate of drug-likeness (QED) is 0.516. The summed E-state index contributed by atoms with van der Waals surface area (Å²) in [7, 11) is 0. The van der Waals surface area contributed by atoms with Crippen LogP contribution < -0.4 is 5.73 Å². The van der Waals surface area contributed by atoms with Gasteiger partial charge in [0.25, 0.3) is 0 Å². The van der Waals surface area contributed by atoms with Gasteiger partial charge in [0.15, 0.2) is 0 Å². The first kappa shape index (κ1) is 17.1. The third-order valence-electron chi connectivity index (χ3n) is 4.11. The Morgan fingerprint density at radius 2 is 1.70 bits per heavy atom. The topological polar surface area (TPSA) is 68.2 Å². The molecule has 0 fully saturated rings. The van der Waals surface area contributed by atoms with Gasteiger partial charge in [0, 0.05) is 24.0 Å². The molecular weight excluding hydrogens is 288 g/mol. The number of nitrogens with two attached hydrogens (primary N) is 1. The molecule has 3 N–H and O–H groups in total. The smallest absolute Gasteiger partial charge is 0.352 e. The van der Waals surface area contributed by atoms with E-state index in [1.54, 1.807) is 6.07 Å². The Morgan fingerprint density at radius 3 is 2.35 bits per heavy atom. The van der Waals surface area contributed by atoms with E-state index in [9.17, 15) is 9.90 Å². The molecule has 0 saturated heterocycles. The molecule has 0 bridgehead atoms. The Bertz CT molecular complexity index is 629. The average Bonchev–Trinajstić information content (AvgIpc) is 2.96. The van der Waals surface area contributed by atoms with E-state index in [-0.39, 0.29) is 0 Å². The van der Waals surface area contributed by atoms with Crippen LogP contribution in [0.15, 0.2) is 36.5 Å². The van der Waals surface area contributed by atoms with Crippen molar-refractivity contribution in [2.75, 3.05) is 5.73 Å². The van der Waals surface area contributed by atoms with E-state index in [0.29, 0.717) is 11.4 Å². The largest absolute Gasteiger partial charge is 0.477 e. The molecule has 23 heavy (non-hydrogen) atoms. The van der Waals surface area contributed by atoms with Crippen LogP contribution in [0.1, 0.15) is 55.9 Å². The van der Waals surface area contributed by atoms with E-state index in [4.69, 9.17) is 5.73 Å². The molecular formula is C19H26N2O2. The lowest BCUT2D eigenvalue weighted by atomic mass is 10.1. The summed E-state index contributed by atoms with van der Waals surface area (Å²) >= 11 is 0. The molecule has 4 nitrogen and oxygen atoms in total. The van der Waals surface area contributed by atoms with Crippen LogP contribution in [-0.2, 0) is 6.54 Å². The molecule has 2 rings (SSSR count). The number of aryl methyl sites for hydroxylation is 1. The van der Waals surface area contributed by atoms with Crippen molar-refractivity contribution >= 4 is 11.7 Å². The predicted molar refractivity (Wildman–Crippen MR) is 94.6 cm³/mol.